The van der Waals surface area contributed by atoms with Gasteiger partial charge in [-0.15, -0.1) is 0 Å². The van der Waals surface area contributed by atoms with Crippen molar-refractivity contribution in [1.82, 2.24) is 9.80 Å². The summed E-state index contributed by atoms with van der Waals surface area (Å²) in [5.41, 5.74) is 2.68. The molecule has 1 heterocycles. The van der Waals surface area contributed by atoms with Gasteiger partial charge in [0.25, 0.3) is 0 Å². The van der Waals surface area contributed by atoms with Crippen LogP contribution in [0.3, 0.4) is 0 Å². The first kappa shape index (κ1) is 14.9. The van der Waals surface area contributed by atoms with E-state index in [4.69, 9.17) is 11.6 Å². The van der Waals surface area contributed by atoms with Gasteiger partial charge < -0.3 is 4.90 Å². The Bertz CT molecular complexity index is 502. The highest BCUT2D eigenvalue weighted by atomic mass is 35.5. The van der Waals surface area contributed by atoms with E-state index in [0.29, 0.717) is 17.9 Å². The SMILES string of the molecule is Cc1ccc(CN(C)C2C[C@@H]3CN(C(=O)Cl)C[C@@H]3C2)cc1. The summed E-state index contributed by atoms with van der Waals surface area (Å²) >= 11 is 5.59. The topological polar surface area (TPSA) is 23.6 Å². The highest BCUT2D eigenvalue weighted by molar-refractivity contribution is 6.62. The van der Waals surface area contributed by atoms with Gasteiger partial charge >= 0.3 is 5.37 Å². The van der Waals surface area contributed by atoms with Crippen molar-refractivity contribution in [1.29, 1.82) is 0 Å². The summed E-state index contributed by atoms with van der Waals surface area (Å²) in [6.45, 7) is 4.82. The molecule has 3 rings (SSSR count). The molecule has 0 bridgehead atoms. The zero-order chi connectivity index (χ0) is 15.0. The lowest BCUT2D eigenvalue weighted by molar-refractivity contribution is 0.207. The molecule has 1 amide bonds. The Labute approximate surface area is 131 Å². The highest BCUT2D eigenvalue weighted by Crippen LogP contribution is 2.40. The Morgan fingerprint density at radius 3 is 2.33 bits per heavy atom. The number of rotatable bonds is 3. The van der Waals surface area contributed by atoms with E-state index in [2.05, 4.69) is 43.1 Å². The van der Waals surface area contributed by atoms with E-state index in [9.17, 15) is 4.79 Å². The number of halogens is 1. The first-order chi connectivity index (χ1) is 10.0. The smallest absolute Gasteiger partial charge is 0.316 e. The Hall–Kier alpha value is -1.06. The quantitative estimate of drug-likeness (QED) is 0.630. The number of benzene rings is 1. The Morgan fingerprint density at radius 1 is 1.24 bits per heavy atom. The second-order valence-corrected chi connectivity index (χ2v) is 7.03. The third-order valence-electron chi connectivity index (χ3n) is 5.15. The molecular weight excluding hydrogens is 284 g/mol. The Kier molecular flexibility index (Phi) is 4.23. The van der Waals surface area contributed by atoms with Crippen LogP contribution >= 0.6 is 11.6 Å². The van der Waals surface area contributed by atoms with Gasteiger partial charge in [-0.2, -0.15) is 0 Å². The van der Waals surface area contributed by atoms with Gasteiger partial charge in [0.15, 0.2) is 0 Å². The maximum Gasteiger partial charge on any atom is 0.316 e. The number of aryl methyl sites for hydroxylation is 1. The lowest BCUT2D eigenvalue weighted by Crippen LogP contribution is -2.32. The number of nitrogens with zero attached hydrogens (tertiary/aromatic N) is 2. The standard InChI is InChI=1S/C17H23ClN2O/c1-12-3-5-13(6-4-12)9-19(2)16-7-14-10-20(17(18)21)11-15(14)8-16/h3-6,14-16H,7-11H2,1-2H3/t14-,15+,16?. The molecule has 0 spiro atoms. The van der Waals surface area contributed by atoms with Crippen molar-refractivity contribution in [2.24, 2.45) is 11.8 Å². The minimum atomic E-state index is -0.283. The second-order valence-electron chi connectivity index (χ2n) is 6.70. The van der Waals surface area contributed by atoms with Gasteiger partial charge in [-0.1, -0.05) is 29.8 Å². The van der Waals surface area contributed by atoms with Crippen LogP contribution in [0.25, 0.3) is 0 Å². The predicted molar refractivity (Wildman–Crippen MR) is 85.5 cm³/mol. The summed E-state index contributed by atoms with van der Waals surface area (Å²) in [5.74, 6) is 1.27. The lowest BCUT2D eigenvalue weighted by atomic mass is 10.0. The average Bonchev–Trinajstić information content (AvgIpc) is 2.99. The van der Waals surface area contributed by atoms with E-state index in [1.165, 1.54) is 24.0 Å². The van der Waals surface area contributed by atoms with Crippen molar-refractivity contribution in [3.05, 3.63) is 35.4 Å². The maximum atomic E-state index is 11.2. The number of hydrogen-bond acceptors (Lipinski definition) is 2. The molecule has 114 valence electrons. The molecule has 1 aromatic rings. The number of carbonyl (C=O) groups excluding carboxylic acids is 1. The fourth-order valence-electron chi connectivity index (χ4n) is 3.88. The highest BCUT2D eigenvalue weighted by Gasteiger charge is 2.43. The summed E-state index contributed by atoms with van der Waals surface area (Å²) in [7, 11) is 2.22. The van der Waals surface area contributed by atoms with Crippen LogP contribution in [-0.4, -0.2) is 41.3 Å². The van der Waals surface area contributed by atoms with Crippen LogP contribution in [0.4, 0.5) is 4.79 Å². The number of likely N-dealkylation sites (tertiary alicyclic amines) is 1. The Morgan fingerprint density at radius 2 is 1.81 bits per heavy atom. The fraction of sp³-hybridized carbons (Fsp3) is 0.588. The first-order valence-corrected chi connectivity index (χ1v) is 8.11. The molecular formula is C17H23ClN2O. The molecule has 3 nitrogen and oxygen atoms in total. The summed E-state index contributed by atoms with van der Waals surface area (Å²) in [6.07, 6.45) is 2.38. The van der Waals surface area contributed by atoms with Gasteiger partial charge in [-0.3, -0.25) is 9.69 Å². The second kappa shape index (κ2) is 5.98. The van der Waals surface area contributed by atoms with Crippen LogP contribution < -0.4 is 0 Å². The van der Waals surface area contributed by atoms with Crippen molar-refractivity contribution >= 4 is 17.0 Å². The van der Waals surface area contributed by atoms with E-state index in [-0.39, 0.29) is 5.37 Å². The van der Waals surface area contributed by atoms with E-state index >= 15 is 0 Å². The summed E-state index contributed by atoms with van der Waals surface area (Å²) in [6, 6.07) is 9.42. The minimum absolute atomic E-state index is 0.283. The van der Waals surface area contributed by atoms with E-state index in [1.54, 1.807) is 4.90 Å². The molecule has 1 aliphatic carbocycles. The van der Waals surface area contributed by atoms with Crippen molar-refractivity contribution in [3.63, 3.8) is 0 Å². The van der Waals surface area contributed by atoms with Crippen molar-refractivity contribution in [2.75, 3.05) is 20.1 Å². The molecule has 0 radical (unpaired) electrons. The molecule has 1 aliphatic heterocycles. The molecule has 4 heteroatoms. The normalized spacial score (nSPS) is 28.2. The zero-order valence-corrected chi connectivity index (χ0v) is 13.5. The van der Waals surface area contributed by atoms with Crippen molar-refractivity contribution in [2.45, 2.75) is 32.4 Å². The van der Waals surface area contributed by atoms with Gasteiger partial charge in [0.1, 0.15) is 0 Å². The third kappa shape index (κ3) is 3.24. The van der Waals surface area contributed by atoms with Gasteiger partial charge in [-0.05, 0) is 55.8 Å². The molecule has 1 saturated carbocycles. The van der Waals surface area contributed by atoms with Crippen molar-refractivity contribution in [3.8, 4) is 0 Å². The third-order valence-corrected chi connectivity index (χ3v) is 5.39. The summed E-state index contributed by atoms with van der Waals surface area (Å²) in [4.78, 5) is 15.5. The predicted octanol–water partition coefficient (Wildman–Crippen LogP) is 3.50. The van der Waals surface area contributed by atoms with Crippen LogP contribution in [0.1, 0.15) is 24.0 Å². The average molecular weight is 307 g/mol. The molecule has 1 aromatic carbocycles. The molecule has 2 fully saturated rings. The van der Waals surface area contributed by atoms with Gasteiger partial charge in [0.2, 0.25) is 0 Å². The molecule has 1 saturated heterocycles. The lowest BCUT2D eigenvalue weighted by Gasteiger charge is -2.26. The Balaban J connectivity index is 1.55. The van der Waals surface area contributed by atoms with E-state index in [1.807, 2.05) is 0 Å². The number of carbonyl (C=O) groups is 1. The summed E-state index contributed by atoms with van der Waals surface area (Å²) < 4.78 is 0. The number of hydrogen-bond donors (Lipinski definition) is 0. The van der Waals surface area contributed by atoms with Crippen LogP contribution in [0, 0.1) is 18.8 Å². The van der Waals surface area contributed by atoms with E-state index < -0.39 is 0 Å². The monoisotopic (exact) mass is 306 g/mol. The van der Waals surface area contributed by atoms with Gasteiger partial charge in [-0.25, -0.2) is 0 Å². The van der Waals surface area contributed by atoms with Crippen LogP contribution in [0.5, 0.6) is 0 Å². The molecule has 21 heavy (non-hydrogen) atoms. The minimum Gasteiger partial charge on any atom is -0.329 e. The summed E-state index contributed by atoms with van der Waals surface area (Å²) in [5, 5.41) is -0.283. The number of amides is 1. The van der Waals surface area contributed by atoms with Crippen molar-refractivity contribution < 1.29 is 4.79 Å². The molecule has 0 N–H and O–H groups in total. The largest absolute Gasteiger partial charge is 0.329 e. The molecule has 1 unspecified atom stereocenters. The molecule has 2 aliphatic rings. The maximum absolute atomic E-state index is 11.2. The van der Waals surface area contributed by atoms with Crippen LogP contribution in [-0.2, 0) is 6.54 Å². The molecule has 3 atom stereocenters. The van der Waals surface area contributed by atoms with Crippen LogP contribution in [0.2, 0.25) is 0 Å². The zero-order valence-electron chi connectivity index (χ0n) is 12.8. The molecule has 0 aromatic heterocycles. The van der Waals surface area contributed by atoms with Crippen LogP contribution in [0.15, 0.2) is 24.3 Å². The van der Waals surface area contributed by atoms with Gasteiger partial charge in [0.05, 0.1) is 0 Å². The number of fused-ring (bicyclic) bond motifs is 1. The first-order valence-electron chi connectivity index (χ1n) is 7.73. The van der Waals surface area contributed by atoms with E-state index in [0.717, 1.165) is 19.6 Å². The van der Waals surface area contributed by atoms with Gasteiger partial charge in [0, 0.05) is 25.7 Å². The fourth-order valence-corrected chi connectivity index (χ4v) is 4.02.